The number of hydrogen-bond donors (Lipinski definition) is 1. The highest BCUT2D eigenvalue weighted by molar-refractivity contribution is 5.19. The van der Waals surface area contributed by atoms with Crippen molar-refractivity contribution in [3.8, 4) is 0 Å². The third-order valence-corrected chi connectivity index (χ3v) is 5.72. The van der Waals surface area contributed by atoms with Crippen molar-refractivity contribution < 1.29 is 4.74 Å². The van der Waals surface area contributed by atoms with Crippen molar-refractivity contribution in [2.75, 3.05) is 0 Å². The van der Waals surface area contributed by atoms with Crippen molar-refractivity contribution in [2.24, 2.45) is 5.92 Å². The molecule has 21 heavy (non-hydrogen) atoms. The van der Waals surface area contributed by atoms with Crippen LogP contribution in [-0.2, 0) is 4.74 Å². The molecule has 2 heterocycles. The van der Waals surface area contributed by atoms with Gasteiger partial charge >= 0.3 is 0 Å². The Morgan fingerprint density at radius 2 is 1.57 bits per heavy atom. The molecule has 3 fully saturated rings. The number of rotatable bonds is 4. The number of hydrogen-bond acceptors (Lipinski definition) is 2. The fraction of sp³-hybridized carbons (Fsp3) is 0.684. The first-order valence-electron chi connectivity index (χ1n) is 8.85. The van der Waals surface area contributed by atoms with Crippen LogP contribution >= 0.6 is 0 Å². The minimum atomic E-state index is 0.330. The quantitative estimate of drug-likeness (QED) is 0.894. The summed E-state index contributed by atoms with van der Waals surface area (Å²) in [6, 6.07) is 12.4. The molecule has 0 radical (unpaired) electrons. The van der Waals surface area contributed by atoms with E-state index >= 15 is 0 Å². The lowest BCUT2D eigenvalue weighted by molar-refractivity contribution is -0.0629. The van der Waals surface area contributed by atoms with Crippen LogP contribution in [-0.4, -0.2) is 18.2 Å². The maximum atomic E-state index is 6.70. The molecule has 0 amide bonds. The molecular formula is C19H27NO. The summed E-state index contributed by atoms with van der Waals surface area (Å²) in [5.74, 6) is 0.736. The van der Waals surface area contributed by atoms with E-state index < -0.39 is 0 Å². The lowest BCUT2D eigenvalue weighted by atomic mass is 9.93. The van der Waals surface area contributed by atoms with Crippen LogP contribution in [0.2, 0.25) is 0 Å². The number of ether oxygens (including phenoxy) is 1. The Bertz CT molecular complexity index is 442. The van der Waals surface area contributed by atoms with Gasteiger partial charge in [0.2, 0.25) is 0 Å². The first kappa shape index (κ1) is 13.8. The van der Waals surface area contributed by atoms with E-state index in [0.29, 0.717) is 24.3 Å². The lowest BCUT2D eigenvalue weighted by Crippen LogP contribution is -2.42. The average Bonchev–Trinajstić information content (AvgIpc) is 3.16. The van der Waals surface area contributed by atoms with Crippen LogP contribution in [0.25, 0.3) is 0 Å². The Morgan fingerprint density at radius 3 is 2.24 bits per heavy atom. The normalized spacial score (nSPS) is 34.2. The first-order chi connectivity index (χ1) is 10.4. The van der Waals surface area contributed by atoms with Crippen LogP contribution in [0.1, 0.15) is 63.0 Å². The van der Waals surface area contributed by atoms with E-state index in [0.717, 1.165) is 5.92 Å². The van der Waals surface area contributed by atoms with E-state index in [1.807, 2.05) is 0 Å². The summed E-state index contributed by atoms with van der Waals surface area (Å²) < 4.78 is 6.70. The number of fused-ring (bicyclic) bond motifs is 2. The van der Waals surface area contributed by atoms with Crippen molar-refractivity contribution in [1.29, 1.82) is 0 Å². The second-order valence-electron chi connectivity index (χ2n) is 7.24. The van der Waals surface area contributed by atoms with E-state index in [2.05, 4.69) is 35.6 Å². The second-order valence-corrected chi connectivity index (χ2v) is 7.24. The van der Waals surface area contributed by atoms with Crippen molar-refractivity contribution in [2.45, 2.75) is 75.7 Å². The van der Waals surface area contributed by atoms with Crippen molar-refractivity contribution in [3.05, 3.63) is 35.9 Å². The van der Waals surface area contributed by atoms with Gasteiger partial charge in [-0.1, -0.05) is 43.2 Å². The summed E-state index contributed by atoms with van der Waals surface area (Å²) >= 11 is 0. The zero-order valence-corrected chi connectivity index (χ0v) is 12.8. The molecule has 0 aromatic heterocycles. The molecule has 2 heteroatoms. The van der Waals surface area contributed by atoms with Gasteiger partial charge < -0.3 is 10.1 Å². The molecule has 1 saturated carbocycles. The van der Waals surface area contributed by atoms with Gasteiger partial charge in [0.25, 0.3) is 0 Å². The van der Waals surface area contributed by atoms with Gasteiger partial charge in [0.15, 0.2) is 0 Å². The van der Waals surface area contributed by atoms with Crippen LogP contribution in [0, 0.1) is 5.92 Å². The van der Waals surface area contributed by atoms with Crippen LogP contribution < -0.4 is 5.32 Å². The van der Waals surface area contributed by atoms with Crippen molar-refractivity contribution in [3.63, 3.8) is 0 Å². The number of benzene rings is 1. The Labute approximate surface area is 128 Å². The van der Waals surface area contributed by atoms with E-state index in [1.54, 1.807) is 0 Å². The molecule has 3 aliphatic rings. The maximum absolute atomic E-state index is 6.70. The molecule has 2 nitrogen and oxygen atoms in total. The average molecular weight is 285 g/mol. The molecule has 2 aliphatic heterocycles. The SMILES string of the molecule is c1ccc(C(OC2C[C@H]3CC[C@@H](C2)N3)C2CCCC2)cc1. The van der Waals surface area contributed by atoms with Gasteiger partial charge in [-0.3, -0.25) is 0 Å². The highest BCUT2D eigenvalue weighted by Gasteiger charge is 2.37. The molecule has 1 aromatic carbocycles. The van der Waals surface area contributed by atoms with Gasteiger partial charge in [-0.05, 0) is 50.0 Å². The van der Waals surface area contributed by atoms with Gasteiger partial charge in [0.05, 0.1) is 12.2 Å². The van der Waals surface area contributed by atoms with Gasteiger partial charge in [-0.2, -0.15) is 0 Å². The molecule has 1 aliphatic carbocycles. The molecule has 1 N–H and O–H groups in total. The molecular weight excluding hydrogens is 258 g/mol. The summed E-state index contributed by atoms with van der Waals surface area (Å²) in [5.41, 5.74) is 1.40. The van der Waals surface area contributed by atoms with Crippen LogP contribution in [0.3, 0.4) is 0 Å². The maximum Gasteiger partial charge on any atom is 0.0856 e. The first-order valence-corrected chi connectivity index (χ1v) is 8.85. The van der Waals surface area contributed by atoms with E-state index in [9.17, 15) is 0 Å². The predicted molar refractivity (Wildman–Crippen MR) is 85.2 cm³/mol. The minimum Gasteiger partial charge on any atom is -0.370 e. The highest BCUT2D eigenvalue weighted by atomic mass is 16.5. The molecule has 2 unspecified atom stereocenters. The van der Waals surface area contributed by atoms with Gasteiger partial charge in [-0.25, -0.2) is 0 Å². The van der Waals surface area contributed by atoms with E-state index in [-0.39, 0.29) is 0 Å². The van der Waals surface area contributed by atoms with E-state index in [1.165, 1.54) is 56.9 Å². The Hall–Kier alpha value is -0.860. The predicted octanol–water partition coefficient (Wildman–Crippen LogP) is 4.22. The summed E-state index contributed by atoms with van der Waals surface area (Å²) in [7, 11) is 0. The number of piperidine rings is 1. The molecule has 2 saturated heterocycles. The van der Waals surface area contributed by atoms with Gasteiger partial charge in [-0.15, -0.1) is 0 Å². The lowest BCUT2D eigenvalue weighted by Gasteiger charge is -2.34. The smallest absolute Gasteiger partial charge is 0.0856 e. The Kier molecular flexibility index (Phi) is 4.00. The zero-order chi connectivity index (χ0) is 14.1. The molecule has 1 aromatic rings. The summed E-state index contributed by atoms with van der Waals surface area (Å²) in [6.07, 6.45) is 11.4. The van der Waals surface area contributed by atoms with Crippen molar-refractivity contribution in [1.82, 2.24) is 5.32 Å². The van der Waals surface area contributed by atoms with Crippen LogP contribution in [0.15, 0.2) is 30.3 Å². The molecule has 4 atom stereocenters. The van der Waals surface area contributed by atoms with Crippen LogP contribution in [0.4, 0.5) is 0 Å². The Balaban J connectivity index is 1.49. The van der Waals surface area contributed by atoms with E-state index in [4.69, 9.17) is 4.74 Å². The fourth-order valence-electron chi connectivity index (χ4n) is 4.69. The third kappa shape index (κ3) is 3.02. The second kappa shape index (κ2) is 6.10. The largest absolute Gasteiger partial charge is 0.370 e. The monoisotopic (exact) mass is 285 g/mol. The Morgan fingerprint density at radius 1 is 0.905 bits per heavy atom. The topological polar surface area (TPSA) is 21.3 Å². The fourth-order valence-corrected chi connectivity index (χ4v) is 4.69. The number of nitrogens with one attached hydrogen (secondary N) is 1. The van der Waals surface area contributed by atoms with Gasteiger partial charge in [0.1, 0.15) is 0 Å². The van der Waals surface area contributed by atoms with Crippen LogP contribution in [0.5, 0.6) is 0 Å². The zero-order valence-electron chi connectivity index (χ0n) is 12.8. The standard InChI is InChI=1S/C19H27NO/c1-2-6-14(7-3-1)19(15-8-4-5-9-15)21-18-12-16-10-11-17(13-18)20-16/h1-3,6-7,15-20H,4-5,8-13H2/t16-,17+,18?,19?. The molecule has 2 bridgehead atoms. The van der Waals surface area contributed by atoms with Gasteiger partial charge in [0, 0.05) is 12.1 Å². The minimum absolute atomic E-state index is 0.330. The third-order valence-electron chi connectivity index (χ3n) is 5.72. The molecule has 0 spiro atoms. The summed E-state index contributed by atoms with van der Waals surface area (Å²) in [5, 5.41) is 3.72. The molecule has 4 rings (SSSR count). The highest BCUT2D eigenvalue weighted by Crippen LogP contribution is 2.41. The summed E-state index contributed by atoms with van der Waals surface area (Å²) in [4.78, 5) is 0. The molecule has 114 valence electrons. The van der Waals surface area contributed by atoms with Crippen molar-refractivity contribution >= 4 is 0 Å². The summed E-state index contributed by atoms with van der Waals surface area (Å²) in [6.45, 7) is 0.